The van der Waals surface area contributed by atoms with Crippen molar-refractivity contribution in [2.75, 3.05) is 50.0 Å². The average Bonchev–Trinajstić information content (AvgIpc) is 3.03. The second kappa shape index (κ2) is 14.2. The summed E-state index contributed by atoms with van der Waals surface area (Å²) in [6.07, 6.45) is 8.72. The number of carbonyl (C=O) groups is 2. The Bertz CT molecular complexity index is 1720. The maximum Gasteiger partial charge on any atom is 0.330 e. The van der Waals surface area contributed by atoms with E-state index in [-0.39, 0.29) is 36.3 Å². The number of ether oxygens (including phenoxy) is 2. The number of anilines is 4. The van der Waals surface area contributed by atoms with Gasteiger partial charge >= 0.3 is 6.03 Å². The molecule has 2 aromatic heterocycles. The third-order valence-corrected chi connectivity index (χ3v) is 7.41. The van der Waals surface area contributed by atoms with E-state index >= 15 is 0 Å². The zero-order chi connectivity index (χ0) is 31.9. The van der Waals surface area contributed by atoms with Gasteiger partial charge in [-0.1, -0.05) is 41.9 Å². The Hall–Kier alpha value is -5.00. The van der Waals surface area contributed by atoms with Crippen LogP contribution in [0.1, 0.15) is 16.7 Å². The minimum Gasteiger partial charge on any atom is -0.497 e. The van der Waals surface area contributed by atoms with Crippen molar-refractivity contribution in [3.05, 3.63) is 101 Å². The summed E-state index contributed by atoms with van der Waals surface area (Å²) in [7, 11) is 6.93. The van der Waals surface area contributed by atoms with Gasteiger partial charge in [0.1, 0.15) is 22.3 Å². The number of nitrogens with zero attached hydrogens (tertiary/aromatic N) is 6. The van der Waals surface area contributed by atoms with Gasteiger partial charge in [-0.15, -0.1) is 0 Å². The predicted molar refractivity (Wildman–Crippen MR) is 175 cm³/mol. The molecule has 12 heteroatoms. The number of pyridine rings is 1. The van der Waals surface area contributed by atoms with Gasteiger partial charge in [0.05, 0.1) is 44.9 Å². The summed E-state index contributed by atoms with van der Waals surface area (Å²) in [5.41, 5.74) is 3.51. The van der Waals surface area contributed by atoms with Gasteiger partial charge in [0.2, 0.25) is 5.95 Å². The third kappa shape index (κ3) is 7.57. The van der Waals surface area contributed by atoms with Crippen molar-refractivity contribution in [1.29, 1.82) is 0 Å². The number of carbonyl (C=O) groups excluding carboxylic acids is 2. The first-order valence-corrected chi connectivity index (χ1v) is 14.6. The van der Waals surface area contributed by atoms with Crippen LogP contribution in [-0.2, 0) is 24.3 Å². The number of benzene rings is 2. The van der Waals surface area contributed by atoms with E-state index in [2.05, 4.69) is 15.3 Å². The largest absolute Gasteiger partial charge is 0.497 e. The lowest BCUT2D eigenvalue weighted by Crippen LogP contribution is -2.47. The van der Waals surface area contributed by atoms with E-state index in [0.29, 0.717) is 46.7 Å². The van der Waals surface area contributed by atoms with Gasteiger partial charge in [0.25, 0.3) is 0 Å². The summed E-state index contributed by atoms with van der Waals surface area (Å²) in [5, 5.41) is 3.42. The molecule has 45 heavy (non-hydrogen) atoms. The van der Waals surface area contributed by atoms with E-state index in [4.69, 9.17) is 26.1 Å². The Morgan fingerprint density at radius 3 is 2.64 bits per heavy atom. The highest BCUT2D eigenvalue weighted by molar-refractivity contribution is 6.35. The Kier molecular flexibility index (Phi) is 9.91. The second-order valence-electron chi connectivity index (χ2n) is 10.7. The first kappa shape index (κ1) is 31.4. The molecule has 0 saturated heterocycles. The molecule has 0 saturated carbocycles. The fourth-order valence-corrected chi connectivity index (χ4v) is 5.16. The SMILES string of the molecule is COc1cc(OC)c(Cl)c(N2Cc3cnc(Nc4cccnc4)nc3N(Cc3cccc(CC(=O)/C=C/CN(C)C)c3)C2=O)c1. The van der Waals surface area contributed by atoms with Crippen LogP contribution in [0.3, 0.4) is 0 Å². The maximum atomic E-state index is 14.3. The summed E-state index contributed by atoms with van der Waals surface area (Å²) < 4.78 is 10.9. The van der Waals surface area contributed by atoms with Crippen LogP contribution >= 0.6 is 11.6 Å². The van der Waals surface area contributed by atoms with Crippen LogP contribution in [0.5, 0.6) is 11.5 Å². The molecule has 0 unspecified atom stereocenters. The molecule has 1 aliphatic rings. The first-order chi connectivity index (χ1) is 21.7. The zero-order valence-electron chi connectivity index (χ0n) is 25.5. The number of rotatable bonds is 12. The Morgan fingerprint density at radius 1 is 1.09 bits per heavy atom. The number of allylic oxidation sites excluding steroid dienone is 1. The molecule has 2 aromatic carbocycles. The molecule has 4 aromatic rings. The topological polar surface area (TPSA) is 113 Å². The number of nitrogens with one attached hydrogen (secondary N) is 1. The first-order valence-electron chi connectivity index (χ1n) is 14.2. The second-order valence-corrected chi connectivity index (χ2v) is 11.0. The normalized spacial score (nSPS) is 12.9. The molecule has 0 aliphatic carbocycles. The van der Waals surface area contributed by atoms with Gasteiger partial charge in [-0.2, -0.15) is 4.98 Å². The van der Waals surface area contributed by atoms with Crippen LogP contribution in [0.15, 0.2) is 79.3 Å². The summed E-state index contributed by atoms with van der Waals surface area (Å²) in [6, 6.07) is 14.3. The third-order valence-electron chi connectivity index (χ3n) is 7.03. The van der Waals surface area contributed by atoms with Crippen LogP contribution in [0.2, 0.25) is 5.02 Å². The lowest BCUT2D eigenvalue weighted by atomic mass is 10.0. The van der Waals surface area contributed by atoms with Gasteiger partial charge in [0, 0.05) is 43.1 Å². The highest BCUT2D eigenvalue weighted by Crippen LogP contribution is 2.42. The van der Waals surface area contributed by atoms with E-state index in [1.54, 1.807) is 52.7 Å². The highest BCUT2D eigenvalue weighted by Gasteiger charge is 2.35. The van der Waals surface area contributed by atoms with Crippen molar-refractivity contribution < 1.29 is 19.1 Å². The minimum absolute atomic E-state index is 0.0000396. The number of halogens is 1. The Balaban J connectivity index is 1.50. The molecular weight excluding hydrogens is 594 g/mol. The van der Waals surface area contributed by atoms with Crippen molar-refractivity contribution in [2.45, 2.75) is 19.5 Å². The van der Waals surface area contributed by atoms with E-state index in [9.17, 15) is 9.59 Å². The van der Waals surface area contributed by atoms with Gasteiger partial charge in [-0.25, -0.2) is 9.78 Å². The molecular formula is C33H34ClN7O4. The van der Waals surface area contributed by atoms with Gasteiger partial charge < -0.3 is 19.7 Å². The molecule has 2 amide bonds. The molecule has 0 atom stereocenters. The van der Waals surface area contributed by atoms with Crippen LogP contribution < -0.4 is 24.6 Å². The molecule has 1 aliphatic heterocycles. The Labute approximate surface area is 267 Å². The maximum absolute atomic E-state index is 14.3. The van der Waals surface area contributed by atoms with Crippen molar-refractivity contribution in [3.8, 4) is 11.5 Å². The molecule has 5 rings (SSSR count). The lowest BCUT2D eigenvalue weighted by Gasteiger charge is -2.36. The van der Waals surface area contributed by atoms with Crippen molar-refractivity contribution >= 4 is 46.6 Å². The fraction of sp³-hybridized carbons (Fsp3) is 0.242. The van der Waals surface area contributed by atoms with Crippen molar-refractivity contribution in [1.82, 2.24) is 19.9 Å². The summed E-state index contributed by atoms with van der Waals surface area (Å²) in [5.74, 6) is 1.64. The number of ketones is 1. The summed E-state index contributed by atoms with van der Waals surface area (Å²) in [4.78, 5) is 45.4. The lowest BCUT2D eigenvalue weighted by molar-refractivity contribution is -0.114. The summed E-state index contributed by atoms with van der Waals surface area (Å²) in [6.45, 7) is 1.03. The van der Waals surface area contributed by atoms with Gasteiger partial charge in [-0.05, 0) is 43.4 Å². The molecule has 0 radical (unpaired) electrons. The molecule has 1 N–H and O–H groups in total. The number of hydrogen-bond donors (Lipinski definition) is 1. The number of fused-ring (bicyclic) bond motifs is 1. The van der Waals surface area contributed by atoms with Crippen LogP contribution in [-0.4, -0.2) is 66.5 Å². The predicted octanol–water partition coefficient (Wildman–Crippen LogP) is 5.66. The standard InChI is InChI=1S/C33H34ClN7O4/c1-39(2)13-7-11-26(42)15-22-8-5-9-23(14-22)20-41-31-24(18-36-32(38-31)37-25-10-6-12-35-19-25)21-40(33(41)43)28-16-27(44-3)17-29(45-4)30(28)34/h5-12,14,16-19H,13,15,20-21H2,1-4H3,(H,36,37,38)/b11-7+. The van der Waals surface area contributed by atoms with Gasteiger partial charge in [0.15, 0.2) is 5.78 Å². The number of likely N-dealkylation sites (N-methyl/N-ethyl adjacent to an activating group) is 1. The number of methoxy groups -OCH3 is 2. The van der Waals surface area contributed by atoms with Crippen LogP contribution in [0.25, 0.3) is 0 Å². The van der Waals surface area contributed by atoms with Crippen LogP contribution in [0, 0.1) is 0 Å². The highest BCUT2D eigenvalue weighted by atomic mass is 35.5. The smallest absolute Gasteiger partial charge is 0.330 e. The minimum atomic E-state index is -0.348. The summed E-state index contributed by atoms with van der Waals surface area (Å²) >= 11 is 6.73. The molecule has 0 spiro atoms. The average molecular weight is 628 g/mol. The van der Waals surface area contributed by atoms with Crippen molar-refractivity contribution in [3.63, 3.8) is 0 Å². The number of hydrogen-bond acceptors (Lipinski definition) is 9. The van der Waals surface area contributed by atoms with Gasteiger partial charge in [-0.3, -0.25) is 19.6 Å². The molecule has 0 bridgehead atoms. The Morgan fingerprint density at radius 2 is 1.91 bits per heavy atom. The van der Waals surface area contributed by atoms with E-state index in [1.165, 1.54) is 14.2 Å². The monoisotopic (exact) mass is 627 g/mol. The quantitative estimate of drug-likeness (QED) is 0.199. The van der Waals surface area contributed by atoms with E-state index in [1.807, 2.05) is 55.4 Å². The van der Waals surface area contributed by atoms with E-state index in [0.717, 1.165) is 11.1 Å². The van der Waals surface area contributed by atoms with Crippen molar-refractivity contribution in [2.24, 2.45) is 0 Å². The number of amides is 2. The number of aromatic nitrogens is 3. The van der Waals surface area contributed by atoms with E-state index < -0.39 is 0 Å². The molecule has 0 fully saturated rings. The zero-order valence-corrected chi connectivity index (χ0v) is 26.3. The van der Waals surface area contributed by atoms with Crippen LogP contribution in [0.4, 0.5) is 27.9 Å². The molecule has 232 valence electrons. The fourth-order valence-electron chi connectivity index (χ4n) is 4.87. The number of urea groups is 1. The molecule has 11 nitrogen and oxygen atoms in total. The molecule has 3 heterocycles.